The highest BCUT2D eigenvalue weighted by atomic mass is 35.5. The van der Waals surface area contributed by atoms with E-state index in [9.17, 15) is 13.2 Å². The highest BCUT2D eigenvalue weighted by Crippen LogP contribution is 2.10. The van der Waals surface area contributed by atoms with Gasteiger partial charge in [-0.05, 0) is 6.42 Å². The first-order chi connectivity index (χ1) is 7.51. The van der Waals surface area contributed by atoms with Crippen molar-refractivity contribution in [3.63, 3.8) is 0 Å². The third-order valence-corrected chi connectivity index (χ3v) is 4.90. The van der Waals surface area contributed by atoms with Crippen molar-refractivity contribution in [3.05, 3.63) is 0 Å². The van der Waals surface area contributed by atoms with Gasteiger partial charge < -0.3 is 4.90 Å². The van der Waals surface area contributed by atoms with Gasteiger partial charge in [0.2, 0.25) is 15.9 Å². The van der Waals surface area contributed by atoms with Crippen molar-refractivity contribution in [3.8, 4) is 0 Å². The Kier molecular flexibility index (Phi) is 5.01. The molecule has 0 spiro atoms. The number of sulfonamides is 1. The first-order valence-corrected chi connectivity index (χ1v) is 7.47. The molecule has 1 heterocycles. The Bertz CT molecular complexity index is 345. The first kappa shape index (κ1) is 13.7. The number of carbonyl (C=O) groups excluding carboxylic acids is 1. The van der Waals surface area contributed by atoms with E-state index in [0.29, 0.717) is 39.0 Å². The van der Waals surface area contributed by atoms with Crippen molar-refractivity contribution in [1.29, 1.82) is 0 Å². The van der Waals surface area contributed by atoms with Crippen LogP contribution in [0.3, 0.4) is 0 Å². The fourth-order valence-electron chi connectivity index (χ4n) is 1.71. The molecule has 5 nitrogen and oxygen atoms in total. The van der Waals surface area contributed by atoms with Crippen LogP contribution in [0.1, 0.15) is 19.8 Å². The second kappa shape index (κ2) is 5.84. The van der Waals surface area contributed by atoms with Gasteiger partial charge in [-0.15, -0.1) is 11.6 Å². The number of hydrogen-bond acceptors (Lipinski definition) is 3. The molecule has 7 heteroatoms. The zero-order valence-corrected chi connectivity index (χ0v) is 10.9. The molecule has 16 heavy (non-hydrogen) atoms. The molecule has 0 atom stereocenters. The van der Waals surface area contributed by atoms with Gasteiger partial charge in [-0.1, -0.05) is 6.92 Å². The van der Waals surface area contributed by atoms with Gasteiger partial charge in [0.15, 0.2) is 0 Å². The molecule has 0 saturated carbocycles. The minimum Gasteiger partial charge on any atom is -0.341 e. The summed E-state index contributed by atoms with van der Waals surface area (Å²) < 4.78 is 24.5. The lowest BCUT2D eigenvalue weighted by Crippen LogP contribution is -2.37. The minimum absolute atomic E-state index is 0.0742. The summed E-state index contributed by atoms with van der Waals surface area (Å²) in [6.45, 7) is 3.69. The molecular weight excluding hydrogens is 252 g/mol. The van der Waals surface area contributed by atoms with Gasteiger partial charge in [0, 0.05) is 32.6 Å². The second-order valence-corrected chi connectivity index (χ2v) is 6.26. The fraction of sp³-hybridized carbons (Fsp3) is 0.889. The van der Waals surface area contributed by atoms with Crippen LogP contribution in [0.4, 0.5) is 0 Å². The number of amides is 1. The van der Waals surface area contributed by atoms with Crippen molar-refractivity contribution >= 4 is 27.5 Å². The average molecular weight is 269 g/mol. The summed E-state index contributed by atoms with van der Waals surface area (Å²) in [7, 11) is -3.34. The Hall–Kier alpha value is -0.330. The van der Waals surface area contributed by atoms with Gasteiger partial charge in [0.05, 0.1) is 0 Å². The van der Waals surface area contributed by atoms with Crippen LogP contribution in [0.2, 0.25) is 0 Å². The van der Waals surface area contributed by atoms with Crippen molar-refractivity contribution in [2.75, 3.05) is 31.4 Å². The first-order valence-electron chi connectivity index (χ1n) is 5.33. The third kappa shape index (κ3) is 3.33. The smallest absolute Gasteiger partial charge is 0.228 e. The van der Waals surface area contributed by atoms with Gasteiger partial charge in [0.1, 0.15) is 5.21 Å². The number of rotatable bonds is 3. The lowest BCUT2D eigenvalue weighted by atomic mass is 10.3. The maximum atomic E-state index is 11.5. The Balaban J connectivity index is 2.63. The van der Waals surface area contributed by atoms with E-state index in [1.54, 1.807) is 11.8 Å². The molecular formula is C9H17ClN2O3S. The molecule has 1 aliphatic rings. The molecule has 0 radical (unpaired) electrons. The minimum atomic E-state index is -3.34. The molecule has 1 rings (SSSR count). The molecule has 1 aliphatic heterocycles. The monoisotopic (exact) mass is 268 g/mol. The van der Waals surface area contributed by atoms with Gasteiger partial charge in [-0.2, -0.15) is 4.31 Å². The molecule has 0 aromatic carbocycles. The van der Waals surface area contributed by atoms with E-state index >= 15 is 0 Å². The van der Waals surface area contributed by atoms with E-state index < -0.39 is 15.2 Å². The average Bonchev–Trinajstić information content (AvgIpc) is 2.53. The lowest BCUT2D eigenvalue weighted by Gasteiger charge is -2.20. The zero-order valence-electron chi connectivity index (χ0n) is 9.36. The standard InChI is InChI=1S/C9H17ClN2O3S/c1-2-9(13)11-4-3-5-12(7-6-11)16(14,15)8-10/h2-8H2,1H3. The van der Waals surface area contributed by atoms with Crippen LogP contribution >= 0.6 is 11.6 Å². The number of hydrogen-bond donors (Lipinski definition) is 0. The van der Waals surface area contributed by atoms with Crippen molar-refractivity contribution in [1.82, 2.24) is 9.21 Å². The largest absolute Gasteiger partial charge is 0.341 e. The third-order valence-electron chi connectivity index (χ3n) is 2.64. The van der Waals surface area contributed by atoms with Crippen LogP contribution in [0, 0.1) is 0 Å². The van der Waals surface area contributed by atoms with Crippen LogP contribution in [0.15, 0.2) is 0 Å². The summed E-state index contributed by atoms with van der Waals surface area (Å²) in [5.41, 5.74) is 0. The van der Waals surface area contributed by atoms with E-state index in [-0.39, 0.29) is 5.91 Å². The lowest BCUT2D eigenvalue weighted by molar-refractivity contribution is -0.130. The molecule has 1 amide bonds. The Morgan fingerprint density at radius 3 is 2.50 bits per heavy atom. The van der Waals surface area contributed by atoms with Crippen LogP contribution in [0.25, 0.3) is 0 Å². The van der Waals surface area contributed by atoms with E-state index in [0.717, 1.165) is 0 Å². The summed E-state index contributed by atoms with van der Waals surface area (Å²) in [6.07, 6.45) is 1.13. The Labute approximate surface area is 101 Å². The Morgan fingerprint density at radius 2 is 1.94 bits per heavy atom. The van der Waals surface area contributed by atoms with Gasteiger partial charge in [-0.3, -0.25) is 4.79 Å². The normalized spacial score (nSPS) is 19.5. The SMILES string of the molecule is CCC(=O)N1CCCN(S(=O)(=O)CCl)CC1. The van der Waals surface area contributed by atoms with E-state index in [1.807, 2.05) is 0 Å². The number of alkyl halides is 1. The van der Waals surface area contributed by atoms with Crippen LogP contribution < -0.4 is 0 Å². The molecule has 0 bridgehead atoms. The molecule has 0 unspecified atom stereocenters. The van der Waals surface area contributed by atoms with Gasteiger partial charge in [-0.25, -0.2) is 8.42 Å². The molecule has 1 fully saturated rings. The van der Waals surface area contributed by atoms with E-state index in [2.05, 4.69) is 0 Å². The van der Waals surface area contributed by atoms with Gasteiger partial charge in [0.25, 0.3) is 0 Å². The zero-order chi connectivity index (χ0) is 12.2. The van der Waals surface area contributed by atoms with Crippen LogP contribution in [-0.4, -0.2) is 54.9 Å². The van der Waals surface area contributed by atoms with Gasteiger partial charge >= 0.3 is 0 Å². The molecule has 0 aromatic heterocycles. The predicted molar refractivity (Wildman–Crippen MR) is 62.7 cm³/mol. The topological polar surface area (TPSA) is 57.7 Å². The molecule has 0 N–H and O–H groups in total. The maximum Gasteiger partial charge on any atom is 0.228 e. The summed E-state index contributed by atoms with van der Waals surface area (Å²) in [5, 5.41) is -0.394. The highest BCUT2D eigenvalue weighted by Gasteiger charge is 2.25. The van der Waals surface area contributed by atoms with E-state index in [1.165, 1.54) is 4.31 Å². The Morgan fingerprint density at radius 1 is 1.25 bits per heavy atom. The molecule has 1 saturated heterocycles. The number of nitrogens with zero attached hydrogens (tertiary/aromatic N) is 2. The predicted octanol–water partition coefficient (Wildman–Crippen LogP) is 0.457. The summed E-state index contributed by atoms with van der Waals surface area (Å²) in [4.78, 5) is 13.2. The van der Waals surface area contributed by atoms with Crippen molar-refractivity contribution < 1.29 is 13.2 Å². The fourth-order valence-corrected chi connectivity index (χ4v) is 3.03. The summed E-state index contributed by atoms with van der Waals surface area (Å²) in [6, 6.07) is 0. The molecule has 0 aliphatic carbocycles. The quantitative estimate of drug-likeness (QED) is 0.699. The van der Waals surface area contributed by atoms with Crippen LogP contribution in [-0.2, 0) is 14.8 Å². The van der Waals surface area contributed by atoms with Crippen molar-refractivity contribution in [2.45, 2.75) is 19.8 Å². The van der Waals surface area contributed by atoms with Crippen molar-refractivity contribution in [2.24, 2.45) is 0 Å². The second-order valence-electron chi connectivity index (χ2n) is 3.71. The van der Waals surface area contributed by atoms with E-state index in [4.69, 9.17) is 11.6 Å². The highest BCUT2D eigenvalue weighted by molar-refractivity contribution is 7.90. The van der Waals surface area contributed by atoms with Crippen LogP contribution in [0.5, 0.6) is 0 Å². The maximum absolute atomic E-state index is 11.5. The summed E-state index contributed by atoms with van der Waals surface area (Å²) in [5.74, 6) is 0.0742. The summed E-state index contributed by atoms with van der Waals surface area (Å²) >= 11 is 5.40. The molecule has 94 valence electrons. The molecule has 0 aromatic rings. The number of carbonyl (C=O) groups is 1. The number of halogens is 1.